The van der Waals surface area contributed by atoms with Crippen molar-refractivity contribution in [3.05, 3.63) is 35.4 Å². The molecule has 0 amide bonds. The van der Waals surface area contributed by atoms with Crippen LogP contribution in [0.5, 0.6) is 0 Å². The molecule has 0 radical (unpaired) electrons. The van der Waals surface area contributed by atoms with Gasteiger partial charge in [0.15, 0.2) is 0 Å². The fourth-order valence-corrected chi connectivity index (χ4v) is 2.47. The minimum Gasteiger partial charge on any atom is -0.469 e. The zero-order valence-corrected chi connectivity index (χ0v) is 12.5. The second-order valence-electron chi connectivity index (χ2n) is 5.69. The number of carbonyl (C=O) groups excluding carboxylic acids is 1. The summed E-state index contributed by atoms with van der Waals surface area (Å²) in [5.74, 6) is -0.134. The average molecular weight is 275 g/mol. The number of esters is 1. The summed E-state index contributed by atoms with van der Waals surface area (Å²) in [7, 11) is 1.45. The van der Waals surface area contributed by atoms with Crippen LogP contribution in [0.25, 0.3) is 0 Å². The second-order valence-corrected chi connectivity index (χ2v) is 5.69. The quantitative estimate of drug-likeness (QED) is 0.741. The van der Waals surface area contributed by atoms with E-state index < -0.39 is 0 Å². The lowest BCUT2D eigenvalue weighted by atomic mass is 10.0. The van der Waals surface area contributed by atoms with E-state index in [1.807, 2.05) is 0 Å². The molecule has 1 atom stereocenters. The van der Waals surface area contributed by atoms with Gasteiger partial charge in [-0.15, -0.1) is 0 Å². The van der Waals surface area contributed by atoms with Gasteiger partial charge in [0.2, 0.25) is 0 Å². The van der Waals surface area contributed by atoms with Gasteiger partial charge in [-0.1, -0.05) is 37.6 Å². The lowest BCUT2D eigenvalue weighted by Gasteiger charge is -2.17. The molecule has 1 aliphatic rings. The molecular weight excluding hydrogens is 250 g/mol. The first-order valence-corrected chi connectivity index (χ1v) is 7.62. The molecule has 110 valence electrons. The van der Waals surface area contributed by atoms with Crippen molar-refractivity contribution in [3.63, 3.8) is 0 Å². The molecule has 1 fully saturated rings. The number of carbonyl (C=O) groups is 1. The molecule has 0 bridgehead atoms. The highest BCUT2D eigenvalue weighted by Gasteiger charge is 2.26. The Morgan fingerprint density at radius 1 is 1.30 bits per heavy atom. The number of hydrogen-bond acceptors (Lipinski definition) is 3. The van der Waals surface area contributed by atoms with Crippen LogP contribution in [-0.2, 0) is 22.4 Å². The fraction of sp³-hybridized carbons (Fsp3) is 0.588. The Morgan fingerprint density at radius 2 is 1.95 bits per heavy atom. The van der Waals surface area contributed by atoms with Crippen LogP contribution in [0.15, 0.2) is 24.3 Å². The molecule has 20 heavy (non-hydrogen) atoms. The topological polar surface area (TPSA) is 38.3 Å². The smallest absolute Gasteiger partial charge is 0.307 e. The molecule has 1 unspecified atom stereocenters. The Bertz CT molecular complexity index is 423. The van der Waals surface area contributed by atoms with Crippen molar-refractivity contribution < 1.29 is 9.53 Å². The first-order valence-electron chi connectivity index (χ1n) is 7.62. The summed E-state index contributed by atoms with van der Waals surface area (Å²) in [5.41, 5.74) is 2.67. The summed E-state index contributed by atoms with van der Waals surface area (Å²) in [6.45, 7) is 2.19. The van der Waals surface area contributed by atoms with Gasteiger partial charge in [-0.25, -0.2) is 0 Å². The van der Waals surface area contributed by atoms with Crippen molar-refractivity contribution in [2.75, 3.05) is 7.11 Å². The van der Waals surface area contributed by atoms with Gasteiger partial charge in [0, 0.05) is 12.1 Å². The van der Waals surface area contributed by atoms with Gasteiger partial charge in [-0.2, -0.15) is 0 Å². The molecule has 3 nitrogen and oxygen atoms in total. The molecule has 1 aromatic rings. The fourth-order valence-electron chi connectivity index (χ4n) is 2.47. The maximum Gasteiger partial charge on any atom is 0.307 e. The molecule has 0 spiro atoms. The van der Waals surface area contributed by atoms with E-state index in [0.717, 1.165) is 12.8 Å². The number of nitrogens with one attached hydrogen (secondary N) is 1. The number of ether oxygens (including phenoxy) is 1. The summed E-state index contributed by atoms with van der Waals surface area (Å²) < 4.78 is 4.79. The standard InChI is InChI=1S/C17H25NO2/c1-3-4-13-5-7-14(8-6-13)11-16(12-17(19)20-2)18-15-9-10-15/h5-8,15-16,18H,3-4,9-12H2,1-2H3. The number of rotatable bonds is 8. The molecule has 0 aliphatic heterocycles. The van der Waals surface area contributed by atoms with Gasteiger partial charge in [0.25, 0.3) is 0 Å². The van der Waals surface area contributed by atoms with Gasteiger partial charge < -0.3 is 10.1 Å². The summed E-state index contributed by atoms with van der Waals surface area (Å²) in [5, 5.41) is 3.54. The van der Waals surface area contributed by atoms with E-state index in [1.54, 1.807) is 0 Å². The maximum atomic E-state index is 11.5. The van der Waals surface area contributed by atoms with Crippen LogP contribution < -0.4 is 5.32 Å². The van der Waals surface area contributed by atoms with Crippen LogP contribution in [-0.4, -0.2) is 25.2 Å². The van der Waals surface area contributed by atoms with Gasteiger partial charge in [-0.3, -0.25) is 4.79 Å². The molecular formula is C17H25NO2. The van der Waals surface area contributed by atoms with Crippen molar-refractivity contribution in [2.24, 2.45) is 0 Å². The van der Waals surface area contributed by atoms with Gasteiger partial charge in [-0.05, 0) is 36.8 Å². The third-order valence-electron chi connectivity index (χ3n) is 3.73. The van der Waals surface area contributed by atoms with Crippen LogP contribution in [0.2, 0.25) is 0 Å². The van der Waals surface area contributed by atoms with E-state index in [9.17, 15) is 4.79 Å². The number of methoxy groups -OCH3 is 1. The van der Waals surface area contributed by atoms with Crippen molar-refractivity contribution >= 4 is 5.97 Å². The normalized spacial score (nSPS) is 15.9. The zero-order valence-electron chi connectivity index (χ0n) is 12.5. The first-order chi connectivity index (χ1) is 9.71. The number of aryl methyl sites for hydroxylation is 1. The van der Waals surface area contributed by atoms with Crippen molar-refractivity contribution in [2.45, 2.75) is 57.5 Å². The molecule has 1 saturated carbocycles. The molecule has 3 heteroatoms. The van der Waals surface area contributed by atoms with Gasteiger partial charge in [0.05, 0.1) is 13.5 Å². The molecule has 0 saturated heterocycles. The van der Waals surface area contributed by atoms with Crippen LogP contribution >= 0.6 is 0 Å². The van der Waals surface area contributed by atoms with Gasteiger partial charge in [0.1, 0.15) is 0 Å². The monoisotopic (exact) mass is 275 g/mol. The minimum absolute atomic E-state index is 0.134. The first kappa shape index (κ1) is 15.0. The van der Waals surface area contributed by atoms with Crippen molar-refractivity contribution in [1.29, 1.82) is 0 Å². The average Bonchev–Trinajstić information content (AvgIpc) is 3.25. The molecule has 1 aliphatic carbocycles. The zero-order chi connectivity index (χ0) is 14.4. The van der Waals surface area contributed by atoms with Crippen LogP contribution in [0.1, 0.15) is 43.7 Å². The summed E-state index contributed by atoms with van der Waals surface area (Å²) in [4.78, 5) is 11.5. The molecule has 1 N–H and O–H groups in total. The Morgan fingerprint density at radius 3 is 2.50 bits per heavy atom. The van der Waals surface area contributed by atoms with Crippen LogP contribution in [0.4, 0.5) is 0 Å². The third-order valence-corrected chi connectivity index (χ3v) is 3.73. The van der Waals surface area contributed by atoms with E-state index in [0.29, 0.717) is 12.5 Å². The lowest BCUT2D eigenvalue weighted by Crippen LogP contribution is -2.35. The molecule has 0 aromatic heterocycles. The van der Waals surface area contributed by atoms with E-state index >= 15 is 0 Å². The number of hydrogen-bond donors (Lipinski definition) is 1. The Labute approximate surface area is 121 Å². The Kier molecular flexibility index (Phi) is 5.60. The largest absolute Gasteiger partial charge is 0.469 e. The Hall–Kier alpha value is -1.35. The summed E-state index contributed by atoms with van der Waals surface area (Å²) in [6.07, 6.45) is 6.10. The van der Waals surface area contributed by atoms with E-state index in [4.69, 9.17) is 4.74 Å². The highest BCUT2D eigenvalue weighted by atomic mass is 16.5. The van der Waals surface area contributed by atoms with Crippen molar-refractivity contribution in [1.82, 2.24) is 5.32 Å². The maximum absolute atomic E-state index is 11.5. The lowest BCUT2D eigenvalue weighted by molar-refractivity contribution is -0.141. The van der Waals surface area contributed by atoms with E-state index in [1.165, 1.54) is 37.5 Å². The molecule has 1 aromatic carbocycles. The SMILES string of the molecule is CCCc1ccc(CC(CC(=O)OC)NC2CC2)cc1. The summed E-state index contributed by atoms with van der Waals surface area (Å²) in [6, 6.07) is 9.56. The van der Waals surface area contributed by atoms with Crippen LogP contribution in [0, 0.1) is 0 Å². The molecule has 2 rings (SSSR count). The third kappa shape index (κ3) is 4.97. The van der Waals surface area contributed by atoms with Crippen molar-refractivity contribution in [3.8, 4) is 0 Å². The van der Waals surface area contributed by atoms with Crippen LogP contribution in [0.3, 0.4) is 0 Å². The predicted molar refractivity (Wildman–Crippen MR) is 80.7 cm³/mol. The molecule has 0 heterocycles. The predicted octanol–water partition coefficient (Wildman–Crippen LogP) is 2.87. The Balaban J connectivity index is 1.92. The minimum atomic E-state index is -0.134. The number of benzene rings is 1. The second kappa shape index (κ2) is 7.44. The highest BCUT2D eigenvalue weighted by Crippen LogP contribution is 2.21. The van der Waals surface area contributed by atoms with E-state index in [-0.39, 0.29) is 12.0 Å². The highest BCUT2D eigenvalue weighted by molar-refractivity contribution is 5.70. The van der Waals surface area contributed by atoms with Gasteiger partial charge >= 0.3 is 5.97 Å². The summed E-state index contributed by atoms with van der Waals surface area (Å²) >= 11 is 0. The van der Waals surface area contributed by atoms with E-state index in [2.05, 4.69) is 36.5 Å².